The van der Waals surface area contributed by atoms with E-state index in [9.17, 15) is 9.59 Å². The van der Waals surface area contributed by atoms with Crippen LogP contribution in [0.3, 0.4) is 0 Å². The highest BCUT2D eigenvalue weighted by Crippen LogP contribution is 2.43. The first-order valence-corrected chi connectivity index (χ1v) is 14.0. The van der Waals surface area contributed by atoms with Crippen LogP contribution >= 0.6 is 0 Å². The van der Waals surface area contributed by atoms with Gasteiger partial charge in [0.2, 0.25) is 5.96 Å². The first-order chi connectivity index (χ1) is 20.5. The number of rotatable bonds is 10. The highest BCUT2D eigenvalue weighted by molar-refractivity contribution is 6.20. The maximum atomic E-state index is 13.2. The van der Waals surface area contributed by atoms with Gasteiger partial charge in [0.25, 0.3) is 5.91 Å². The molecule has 4 heterocycles. The fourth-order valence-corrected chi connectivity index (χ4v) is 4.79. The minimum absolute atomic E-state index is 0.197. The second kappa shape index (κ2) is 13.4. The molecule has 1 aromatic heterocycles. The van der Waals surface area contributed by atoms with Crippen LogP contribution in [0.25, 0.3) is 0 Å². The Morgan fingerprint density at radius 3 is 2.74 bits per heavy atom. The number of amides is 3. The highest BCUT2D eigenvalue weighted by atomic mass is 16.5. The number of hydrogen-bond donors (Lipinski definition) is 3. The molecule has 42 heavy (non-hydrogen) atoms. The van der Waals surface area contributed by atoms with Crippen molar-refractivity contribution in [3.8, 4) is 11.5 Å². The molecule has 1 unspecified atom stereocenters. The van der Waals surface area contributed by atoms with Crippen molar-refractivity contribution >= 4 is 35.2 Å². The zero-order valence-electron chi connectivity index (χ0n) is 23.9. The van der Waals surface area contributed by atoms with E-state index in [4.69, 9.17) is 19.2 Å². The molecule has 13 heteroatoms. The Morgan fingerprint density at radius 2 is 2.00 bits per heavy atom. The summed E-state index contributed by atoms with van der Waals surface area (Å²) in [5, 5.41) is 8.22. The van der Waals surface area contributed by atoms with Gasteiger partial charge in [-0.25, -0.2) is 14.8 Å². The third-order valence-corrected chi connectivity index (χ3v) is 7.04. The van der Waals surface area contributed by atoms with Crippen molar-refractivity contribution < 1.29 is 23.8 Å². The van der Waals surface area contributed by atoms with Crippen molar-refractivity contribution in [3.05, 3.63) is 54.2 Å². The van der Waals surface area contributed by atoms with Crippen molar-refractivity contribution in [3.63, 3.8) is 0 Å². The third kappa shape index (κ3) is 6.69. The molecule has 3 N–H and O–H groups in total. The zero-order valence-corrected chi connectivity index (χ0v) is 23.9. The van der Waals surface area contributed by atoms with E-state index in [1.165, 1.54) is 6.20 Å². The van der Waals surface area contributed by atoms with E-state index < -0.39 is 11.9 Å². The van der Waals surface area contributed by atoms with Crippen LogP contribution in [-0.4, -0.2) is 104 Å². The van der Waals surface area contributed by atoms with Crippen LogP contribution in [0.5, 0.6) is 11.5 Å². The van der Waals surface area contributed by atoms with Crippen molar-refractivity contribution in [1.29, 1.82) is 0 Å². The highest BCUT2D eigenvalue weighted by Gasteiger charge is 2.33. The number of fused-ring (bicyclic) bond motifs is 3. The van der Waals surface area contributed by atoms with Gasteiger partial charge in [0.1, 0.15) is 17.3 Å². The quantitative estimate of drug-likeness (QED) is 0.289. The van der Waals surface area contributed by atoms with Crippen LogP contribution in [0, 0.1) is 0 Å². The van der Waals surface area contributed by atoms with Crippen molar-refractivity contribution in [2.45, 2.75) is 19.4 Å². The summed E-state index contributed by atoms with van der Waals surface area (Å²) in [6.07, 6.45) is 3.87. The number of morpholine rings is 1. The number of amidine groups is 1. The second-order valence-electron chi connectivity index (χ2n) is 9.95. The SMILES string of the molecule is C=CC(C)NC(=O)Nc1ccc(C(=O)NC2=Nc3c(ccc(OCCCN4CCOCC4)c3OC)C3=NCCN23)cn1. The van der Waals surface area contributed by atoms with Crippen LogP contribution in [0.2, 0.25) is 0 Å². The van der Waals surface area contributed by atoms with Crippen molar-refractivity contribution in [1.82, 2.24) is 25.4 Å². The molecule has 0 saturated carbocycles. The standard InChI is InChI=1S/C29H36N8O5/c1-4-19(2)32-29(39)33-23-9-6-20(18-31-23)27(38)35-28-34-24-21(26-30-10-12-37(26)28)7-8-22(25(24)40-3)42-15-5-11-36-13-16-41-17-14-36/h4,6-9,18-19H,1,5,10-17H2,2-3H3,(H,34,35,38)(H2,31,32,33,39). The minimum atomic E-state index is -0.419. The van der Waals surface area contributed by atoms with E-state index in [1.807, 2.05) is 17.0 Å². The molecule has 5 rings (SSSR count). The number of hydrogen-bond acceptors (Lipinski definition) is 10. The lowest BCUT2D eigenvalue weighted by Crippen LogP contribution is -2.47. The Balaban J connectivity index is 1.28. The summed E-state index contributed by atoms with van der Waals surface area (Å²) in [6.45, 7) is 11.5. The number of carbonyl (C=O) groups is 2. The number of methoxy groups -OCH3 is 1. The molecule has 1 atom stereocenters. The molecule has 1 aromatic carbocycles. The fourth-order valence-electron chi connectivity index (χ4n) is 4.79. The number of guanidine groups is 1. The topological polar surface area (TPSA) is 142 Å². The van der Waals surface area contributed by atoms with Crippen molar-refractivity contribution in [2.24, 2.45) is 9.98 Å². The predicted molar refractivity (Wildman–Crippen MR) is 159 cm³/mol. The molecule has 3 aliphatic rings. The number of nitrogens with one attached hydrogen (secondary N) is 3. The third-order valence-electron chi connectivity index (χ3n) is 7.04. The number of aliphatic imine (C=N–C) groups is 2. The van der Waals surface area contributed by atoms with E-state index in [0.29, 0.717) is 60.1 Å². The smallest absolute Gasteiger partial charge is 0.320 e. The summed E-state index contributed by atoms with van der Waals surface area (Å²) in [6, 6.07) is 6.32. The maximum Gasteiger partial charge on any atom is 0.320 e. The van der Waals surface area contributed by atoms with Gasteiger partial charge in [-0.05, 0) is 37.6 Å². The van der Waals surface area contributed by atoms with E-state index in [0.717, 1.165) is 44.8 Å². The van der Waals surface area contributed by atoms with E-state index in [1.54, 1.807) is 32.2 Å². The molecule has 1 fully saturated rings. The summed E-state index contributed by atoms with van der Waals surface area (Å²) >= 11 is 0. The Bertz CT molecular complexity index is 1370. The summed E-state index contributed by atoms with van der Waals surface area (Å²) in [5.41, 5.74) is 1.66. The van der Waals surface area contributed by atoms with E-state index >= 15 is 0 Å². The largest absolute Gasteiger partial charge is 0.491 e. The van der Waals surface area contributed by atoms with Crippen LogP contribution in [0.4, 0.5) is 16.3 Å². The van der Waals surface area contributed by atoms with Crippen LogP contribution in [0.15, 0.2) is 53.1 Å². The van der Waals surface area contributed by atoms with Gasteiger partial charge in [0.05, 0.1) is 39.0 Å². The van der Waals surface area contributed by atoms with Gasteiger partial charge in [0.15, 0.2) is 11.5 Å². The molecule has 222 valence electrons. The number of nitrogens with zero attached hydrogens (tertiary/aromatic N) is 5. The molecule has 1 saturated heterocycles. The molecule has 0 bridgehead atoms. The number of carbonyl (C=O) groups excluding carboxylic acids is 2. The van der Waals surface area contributed by atoms with E-state index in [2.05, 4.69) is 37.4 Å². The first-order valence-electron chi connectivity index (χ1n) is 14.0. The monoisotopic (exact) mass is 576 g/mol. The molecule has 3 amide bonds. The van der Waals surface area contributed by atoms with Gasteiger partial charge in [-0.3, -0.25) is 30.2 Å². The summed E-state index contributed by atoms with van der Waals surface area (Å²) < 4.78 is 17.3. The normalized spacial score (nSPS) is 16.8. The molecular weight excluding hydrogens is 540 g/mol. The maximum absolute atomic E-state index is 13.2. The van der Waals surface area contributed by atoms with Gasteiger partial charge < -0.3 is 19.5 Å². The van der Waals surface area contributed by atoms with E-state index in [-0.39, 0.29) is 6.04 Å². The second-order valence-corrected chi connectivity index (χ2v) is 9.95. The van der Waals surface area contributed by atoms with Gasteiger partial charge in [0, 0.05) is 44.0 Å². The summed E-state index contributed by atoms with van der Waals surface area (Å²) in [7, 11) is 1.58. The van der Waals surface area contributed by atoms with Gasteiger partial charge in [-0.15, -0.1) is 6.58 Å². The Labute approximate surface area is 244 Å². The minimum Gasteiger partial charge on any atom is -0.491 e. The lowest BCUT2D eigenvalue weighted by Gasteiger charge is -2.29. The molecule has 13 nitrogen and oxygen atoms in total. The number of urea groups is 1. The Hall–Kier alpha value is -4.49. The lowest BCUT2D eigenvalue weighted by atomic mass is 10.1. The van der Waals surface area contributed by atoms with Crippen molar-refractivity contribution in [2.75, 3.05) is 65.0 Å². The zero-order chi connectivity index (χ0) is 29.5. The van der Waals surface area contributed by atoms with Crippen LogP contribution in [0.1, 0.15) is 29.3 Å². The van der Waals surface area contributed by atoms with Crippen LogP contribution in [-0.2, 0) is 4.74 Å². The lowest BCUT2D eigenvalue weighted by molar-refractivity contribution is 0.0357. The van der Waals surface area contributed by atoms with Gasteiger partial charge in [-0.2, -0.15) is 0 Å². The number of aromatic nitrogens is 1. The Morgan fingerprint density at radius 1 is 1.17 bits per heavy atom. The predicted octanol–water partition coefficient (Wildman–Crippen LogP) is 2.38. The molecule has 2 aromatic rings. The average Bonchev–Trinajstić information content (AvgIpc) is 3.50. The first kappa shape index (κ1) is 29.0. The van der Waals surface area contributed by atoms with Gasteiger partial charge >= 0.3 is 6.03 Å². The number of anilines is 1. The van der Waals surface area contributed by atoms with Crippen LogP contribution < -0.4 is 25.4 Å². The molecule has 0 spiro atoms. The number of pyridine rings is 1. The summed E-state index contributed by atoms with van der Waals surface area (Å²) in [4.78, 5) is 43.1. The number of ether oxygens (including phenoxy) is 3. The average molecular weight is 577 g/mol. The molecule has 0 aliphatic carbocycles. The molecule has 0 radical (unpaired) electrons. The molecular formula is C29H36N8O5. The Kier molecular flexibility index (Phi) is 9.29. The van der Waals surface area contributed by atoms with Gasteiger partial charge in [-0.1, -0.05) is 6.08 Å². The number of benzene rings is 1. The fraction of sp³-hybridized carbons (Fsp3) is 0.414. The molecule has 3 aliphatic heterocycles. The summed E-state index contributed by atoms with van der Waals surface area (Å²) in [5.74, 6) is 2.03.